The van der Waals surface area contributed by atoms with Crippen LogP contribution in [0.3, 0.4) is 0 Å². The SMILES string of the molecule is CCOC(=O)C1=C(O)/C(=C/c2cn(CC(=O)NCCCOC)c3c(CC)cccc23)SC1=Nc1ccc(OC)cc1. The van der Waals surface area contributed by atoms with Crippen LogP contribution >= 0.6 is 11.8 Å². The molecule has 1 amide bonds. The molecule has 0 radical (unpaired) electrons. The Labute approximate surface area is 243 Å². The number of aliphatic imine (C=N–C) groups is 1. The number of hydrogen-bond donors (Lipinski definition) is 2. The number of nitrogens with one attached hydrogen (secondary N) is 1. The van der Waals surface area contributed by atoms with Crippen molar-refractivity contribution in [2.45, 2.75) is 33.2 Å². The molecule has 0 spiro atoms. The molecule has 9 nitrogen and oxygen atoms in total. The third kappa shape index (κ3) is 7.01. The first kappa shape index (κ1) is 30.0. The molecule has 0 aliphatic carbocycles. The number of esters is 1. The monoisotopic (exact) mass is 577 g/mol. The van der Waals surface area contributed by atoms with Gasteiger partial charge in [0.05, 0.1) is 29.8 Å². The lowest BCUT2D eigenvalue weighted by atomic mass is 10.1. The number of thioether (sulfide) groups is 1. The number of carbonyl (C=O) groups excluding carboxylic acids is 2. The Kier molecular flexibility index (Phi) is 10.3. The Bertz CT molecular complexity index is 1500. The summed E-state index contributed by atoms with van der Waals surface area (Å²) in [7, 11) is 3.22. The maximum atomic E-state index is 12.9. The first-order valence-electron chi connectivity index (χ1n) is 13.5. The predicted octanol–water partition coefficient (Wildman–Crippen LogP) is 5.56. The number of carbonyl (C=O) groups is 2. The molecule has 0 unspecified atom stereocenters. The molecule has 1 aliphatic rings. The highest BCUT2D eigenvalue weighted by atomic mass is 32.2. The molecule has 2 aromatic carbocycles. The van der Waals surface area contributed by atoms with Crippen molar-refractivity contribution >= 4 is 51.3 Å². The average molecular weight is 578 g/mol. The molecule has 0 atom stereocenters. The Hall–Kier alpha value is -4.02. The van der Waals surface area contributed by atoms with Gasteiger partial charge in [-0.25, -0.2) is 9.79 Å². The Morgan fingerprint density at radius 2 is 1.90 bits per heavy atom. The highest BCUT2D eigenvalue weighted by molar-refractivity contribution is 8.18. The second-order valence-corrected chi connectivity index (χ2v) is 10.3. The number of aromatic nitrogens is 1. The number of rotatable bonds is 12. The molecule has 0 fully saturated rings. The second kappa shape index (κ2) is 14.0. The molecule has 3 aromatic rings. The van der Waals surface area contributed by atoms with Crippen LogP contribution in [0.5, 0.6) is 5.75 Å². The number of aliphatic hydroxyl groups is 1. The van der Waals surface area contributed by atoms with Gasteiger partial charge in [0.15, 0.2) is 0 Å². The number of methoxy groups -OCH3 is 2. The topological polar surface area (TPSA) is 111 Å². The maximum absolute atomic E-state index is 12.9. The highest BCUT2D eigenvalue weighted by Gasteiger charge is 2.33. The van der Waals surface area contributed by atoms with Crippen molar-refractivity contribution in [2.24, 2.45) is 4.99 Å². The average Bonchev–Trinajstić information content (AvgIpc) is 3.47. The van der Waals surface area contributed by atoms with Crippen LogP contribution in [-0.2, 0) is 32.0 Å². The molecule has 216 valence electrons. The van der Waals surface area contributed by atoms with Gasteiger partial charge in [-0.1, -0.05) is 36.9 Å². The van der Waals surface area contributed by atoms with E-state index in [0.717, 1.165) is 34.9 Å². The summed E-state index contributed by atoms with van der Waals surface area (Å²) in [4.78, 5) is 30.7. The van der Waals surface area contributed by atoms with Gasteiger partial charge in [0.25, 0.3) is 0 Å². The quantitative estimate of drug-likeness (QED) is 0.214. The van der Waals surface area contributed by atoms with Crippen molar-refractivity contribution in [1.82, 2.24) is 9.88 Å². The summed E-state index contributed by atoms with van der Waals surface area (Å²) in [5.41, 5.74) is 3.49. The first-order valence-corrected chi connectivity index (χ1v) is 14.3. The summed E-state index contributed by atoms with van der Waals surface area (Å²) in [5, 5.41) is 15.4. The third-order valence-electron chi connectivity index (χ3n) is 6.51. The molecular formula is C31H35N3O6S. The second-order valence-electron chi connectivity index (χ2n) is 9.25. The van der Waals surface area contributed by atoms with E-state index < -0.39 is 5.97 Å². The van der Waals surface area contributed by atoms with Gasteiger partial charge in [0.2, 0.25) is 5.91 Å². The van der Waals surface area contributed by atoms with Gasteiger partial charge in [-0.05, 0) is 55.7 Å². The van der Waals surface area contributed by atoms with Gasteiger partial charge in [-0.2, -0.15) is 0 Å². The van der Waals surface area contributed by atoms with Gasteiger partial charge in [-0.3, -0.25) is 4.79 Å². The molecule has 10 heteroatoms. The van der Waals surface area contributed by atoms with E-state index in [1.165, 1.54) is 11.8 Å². The van der Waals surface area contributed by atoms with Crippen LogP contribution in [0, 0.1) is 0 Å². The molecule has 0 saturated heterocycles. The number of benzene rings is 2. The smallest absolute Gasteiger partial charge is 0.344 e. The molecule has 0 bridgehead atoms. The van der Waals surface area contributed by atoms with E-state index in [1.54, 1.807) is 45.4 Å². The number of nitrogens with zero attached hydrogens (tertiary/aromatic N) is 2. The van der Waals surface area contributed by atoms with Crippen LogP contribution in [0.15, 0.2) is 69.9 Å². The number of amides is 1. The zero-order valence-electron chi connectivity index (χ0n) is 23.7. The fraction of sp³-hybridized carbons (Fsp3) is 0.323. The minimum Gasteiger partial charge on any atom is -0.506 e. The van der Waals surface area contributed by atoms with Crippen molar-refractivity contribution in [3.8, 4) is 5.75 Å². The lowest BCUT2D eigenvalue weighted by Gasteiger charge is -2.09. The van der Waals surface area contributed by atoms with E-state index in [-0.39, 0.29) is 30.4 Å². The van der Waals surface area contributed by atoms with Crippen LogP contribution in [0.2, 0.25) is 0 Å². The third-order valence-corrected chi connectivity index (χ3v) is 7.53. The number of aliphatic hydroxyl groups excluding tert-OH is 1. The van der Waals surface area contributed by atoms with Gasteiger partial charge in [-0.15, -0.1) is 0 Å². The largest absolute Gasteiger partial charge is 0.506 e. The van der Waals surface area contributed by atoms with E-state index in [1.807, 2.05) is 35.0 Å². The van der Waals surface area contributed by atoms with Gasteiger partial charge in [0, 0.05) is 37.4 Å². The Balaban J connectivity index is 1.73. The summed E-state index contributed by atoms with van der Waals surface area (Å²) in [6.45, 7) is 5.21. The Morgan fingerprint density at radius 3 is 2.59 bits per heavy atom. The minimum absolute atomic E-state index is 0.0207. The van der Waals surface area contributed by atoms with Crippen LogP contribution < -0.4 is 10.1 Å². The fourth-order valence-electron chi connectivity index (χ4n) is 4.55. The zero-order chi connectivity index (χ0) is 29.4. The normalized spacial score (nSPS) is 15.2. The van der Waals surface area contributed by atoms with Crippen molar-refractivity contribution in [2.75, 3.05) is 34.0 Å². The standard InChI is InChI=1S/C31H35N3O6S/c1-5-20-9-7-10-24-21(18-34(28(20)24)19-26(35)32-15-8-16-38-3)17-25-29(36)27(31(37)40-6-2)30(41-25)33-22-11-13-23(39-4)14-12-22/h7,9-14,17-18,36H,5-6,8,15-16,19H2,1-4H3,(H,32,35)/b25-17-,33-30?. The number of para-hydroxylation sites is 1. The molecule has 2 N–H and O–H groups in total. The molecule has 4 rings (SSSR count). The van der Waals surface area contributed by atoms with E-state index in [4.69, 9.17) is 14.2 Å². The number of fused-ring (bicyclic) bond motifs is 1. The summed E-state index contributed by atoms with van der Waals surface area (Å²) in [5.74, 6) is -0.248. The lowest BCUT2D eigenvalue weighted by molar-refractivity contribution is -0.138. The van der Waals surface area contributed by atoms with E-state index in [2.05, 4.69) is 17.2 Å². The number of aryl methyl sites for hydroxylation is 1. The van der Waals surface area contributed by atoms with Gasteiger partial charge < -0.3 is 29.2 Å². The Morgan fingerprint density at radius 1 is 1.12 bits per heavy atom. The predicted molar refractivity (Wildman–Crippen MR) is 163 cm³/mol. The molecule has 0 saturated carbocycles. The van der Waals surface area contributed by atoms with Crippen molar-refractivity contribution in [1.29, 1.82) is 0 Å². The highest BCUT2D eigenvalue weighted by Crippen LogP contribution is 2.41. The molecular weight excluding hydrogens is 542 g/mol. The van der Waals surface area contributed by atoms with E-state index >= 15 is 0 Å². The zero-order valence-corrected chi connectivity index (χ0v) is 24.5. The maximum Gasteiger partial charge on any atom is 0.344 e. The fourth-order valence-corrected chi connectivity index (χ4v) is 5.58. The van der Waals surface area contributed by atoms with Crippen molar-refractivity contribution in [3.05, 3.63) is 76.0 Å². The van der Waals surface area contributed by atoms with E-state index in [0.29, 0.717) is 34.5 Å². The van der Waals surface area contributed by atoms with Crippen LogP contribution in [0.4, 0.5) is 5.69 Å². The summed E-state index contributed by atoms with van der Waals surface area (Å²) < 4.78 is 17.5. The summed E-state index contributed by atoms with van der Waals surface area (Å²) in [6.07, 6.45) is 5.25. The summed E-state index contributed by atoms with van der Waals surface area (Å²) in [6, 6.07) is 13.1. The molecule has 2 heterocycles. The first-order chi connectivity index (χ1) is 19.9. The molecule has 1 aromatic heterocycles. The van der Waals surface area contributed by atoms with Crippen LogP contribution in [0.1, 0.15) is 31.4 Å². The van der Waals surface area contributed by atoms with Crippen LogP contribution in [0.25, 0.3) is 17.0 Å². The van der Waals surface area contributed by atoms with Crippen molar-refractivity contribution in [3.63, 3.8) is 0 Å². The van der Waals surface area contributed by atoms with E-state index in [9.17, 15) is 14.7 Å². The minimum atomic E-state index is -0.644. The van der Waals surface area contributed by atoms with Gasteiger partial charge >= 0.3 is 5.97 Å². The lowest BCUT2D eigenvalue weighted by Crippen LogP contribution is -2.28. The molecule has 41 heavy (non-hydrogen) atoms. The van der Waals surface area contributed by atoms with Crippen molar-refractivity contribution < 1.29 is 28.9 Å². The number of hydrogen-bond acceptors (Lipinski definition) is 8. The summed E-state index contributed by atoms with van der Waals surface area (Å²) >= 11 is 1.19. The van der Waals surface area contributed by atoms with Gasteiger partial charge in [0.1, 0.15) is 28.7 Å². The van der Waals surface area contributed by atoms with Crippen LogP contribution in [-0.4, -0.2) is 60.6 Å². The molecule has 1 aliphatic heterocycles. The number of ether oxygens (including phenoxy) is 3.